The largest absolute Gasteiger partial charge is 0.365 e. The predicted molar refractivity (Wildman–Crippen MR) is 173 cm³/mol. The molecule has 1 saturated heterocycles. The highest BCUT2D eigenvalue weighted by atomic mass is 35.5. The first kappa shape index (κ1) is 34.1. The number of anilines is 3. The molecule has 2 heterocycles. The molecule has 1 saturated carbocycles. The molecule has 2 fully saturated rings. The standard InChI is InChI=1S/C32H38Cl2F4N6O2/c1-31(2,3)29(46)39-15-18-7-10-21(33)26(25(18)34)42-30-41-22-13-20(28(45)40-19-8-5-17(6-9-19)27(35)36)23(14-24(22)43(30)4)44-12-11-32(37,38)16-44/h7,10,13-14,17,19,27H,5-6,8-9,11-12,15-16H2,1-4H3,(H,39,46)(H,40,45)(H,41,42)/t17-,19-. The second kappa shape index (κ2) is 13.1. The van der Waals surface area contributed by atoms with Crippen LogP contribution in [0.15, 0.2) is 24.3 Å². The lowest BCUT2D eigenvalue weighted by Gasteiger charge is -2.29. The number of amides is 2. The van der Waals surface area contributed by atoms with Gasteiger partial charge in [0.1, 0.15) is 0 Å². The van der Waals surface area contributed by atoms with Gasteiger partial charge in [0.05, 0.1) is 44.6 Å². The molecule has 1 aliphatic heterocycles. The maximum Gasteiger partial charge on any atom is 0.266 e. The highest BCUT2D eigenvalue weighted by Gasteiger charge is 2.40. The molecule has 3 N–H and O–H groups in total. The molecule has 14 heteroatoms. The number of aromatic nitrogens is 2. The molecule has 0 spiro atoms. The summed E-state index contributed by atoms with van der Waals surface area (Å²) in [6.07, 6.45) is -1.30. The van der Waals surface area contributed by atoms with Crippen molar-refractivity contribution < 1.29 is 27.2 Å². The Morgan fingerprint density at radius 1 is 1.11 bits per heavy atom. The van der Waals surface area contributed by atoms with Gasteiger partial charge >= 0.3 is 0 Å². The SMILES string of the molecule is Cn1c(Nc2c(Cl)ccc(CNC(=O)C(C)(C)C)c2Cl)nc2cc(C(=O)N[C@H]3CC[C@H](C(F)F)CC3)c(N3CCC(F)(F)C3)cc21. The fourth-order valence-electron chi connectivity index (χ4n) is 5.90. The Hall–Kier alpha value is -3.25. The third kappa shape index (κ3) is 7.33. The Bertz CT molecular complexity index is 1630. The van der Waals surface area contributed by atoms with Gasteiger partial charge in [-0.1, -0.05) is 50.0 Å². The van der Waals surface area contributed by atoms with Gasteiger partial charge in [0.15, 0.2) is 0 Å². The zero-order valence-corrected chi connectivity index (χ0v) is 27.6. The number of imidazole rings is 1. The smallest absolute Gasteiger partial charge is 0.266 e. The zero-order chi connectivity index (χ0) is 33.6. The van der Waals surface area contributed by atoms with Crippen molar-refractivity contribution in [1.29, 1.82) is 0 Å². The summed E-state index contributed by atoms with van der Waals surface area (Å²) in [5.74, 6) is -3.87. The van der Waals surface area contributed by atoms with E-state index < -0.39 is 36.1 Å². The van der Waals surface area contributed by atoms with Crippen LogP contribution in [-0.2, 0) is 18.4 Å². The highest BCUT2D eigenvalue weighted by molar-refractivity contribution is 6.39. The van der Waals surface area contributed by atoms with Gasteiger partial charge in [0.25, 0.3) is 11.8 Å². The molecule has 2 aromatic carbocycles. The fourth-order valence-corrected chi connectivity index (χ4v) is 6.43. The van der Waals surface area contributed by atoms with Crippen molar-refractivity contribution in [3.63, 3.8) is 0 Å². The van der Waals surface area contributed by atoms with Crippen molar-refractivity contribution in [2.75, 3.05) is 23.3 Å². The predicted octanol–water partition coefficient (Wildman–Crippen LogP) is 7.69. The zero-order valence-electron chi connectivity index (χ0n) is 26.1. The summed E-state index contributed by atoms with van der Waals surface area (Å²) in [5, 5.41) is 9.58. The van der Waals surface area contributed by atoms with Crippen LogP contribution < -0.4 is 20.9 Å². The van der Waals surface area contributed by atoms with Crippen molar-refractivity contribution >= 4 is 63.4 Å². The number of hydrogen-bond acceptors (Lipinski definition) is 5. The van der Waals surface area contributed by atoms with Gasteiger partial charge in [-0.25, -0.2) is 22.5 Å². The first-order chi connectivity index (χ1) is 21.5. The highest BCUT2D eigenvalue weighted by Crippen LogP contribution is 2.39. The molecule has 250 valence electrons. The molecule has 46 heavy (non-hydrogen) atoms. The minimum absolute atomic E-state index is 0.0605. The van der Waals surface area contributed by atoms with Gasteiger partial charge in [-0.2, -0.15) is 0 Å². The van der Waals surface area contributed by atoms with E-state index in [0.717, 1.165) is 0 Å². The van der Waals surface area contributed by atoms with E-state index in [-0.39, 0.29) is 42.0 Å². The van der Waals surface area contributed by atoms with Crippen molar-refractivity contribution in [1.82, 2.24) is 20.2 Å². The van der Waals surface area contributed by atoms with Gasteiger partial charge in [-0.3, -0.25) is 9.59 Å². The summed E-state index contributed by atoms with van der Waals surface area (Å²) in [7, 11) is 1.73. The summed E-state index contributed by atoms with van der Waals surface area (Å²) in [5.41, 5.74) is 1.92. The topological polar surface area (TPSA) is 91.3 Å². The number of fused-ring (bicyclic) bond motifs is 1. The van der Waals surface area contributed by atoms with Gasteiger partial charge in [-0.05, 0) is 49.4 Å². The average molecular weight is 686 g/mol. The lowest BCUT2D eigenvalue weighted by atomic mass is 9.86. The number of aryl methyl sites for hydroxylation is 1. The number of nitrogens with zero attached hydrogens (tertiary/aromatic N) is 3. The van der Waals surface area contributed by atoms with Crippen molar-refractivity contribution in [3.05, 3.63) is 45.4 Å². The maximum absolute atomic E-state index is 14.3. The molecule has 0 atom stereocenters. The van der Waals surface area contributed by atoms with E-state index in [9.17, 15) is 27.2 Å². The Morgan fingerprint density at radius 3 is 2.41 bits per heavy atom. The van der Waals surface area contributed by atoms with Crippen LogP contribution in [0, 0.1) is 11.3 Å². The Labute approximate surface area is 275 Å². The summed E-state index contributed by atoms with van der Waals surface area (Å²) in [6.45, 7) is 5.12. The third-order valence-corrected chi connectivity index (χ3v) is 9.49. The fraction of sp³-hybridized carbons (Fsp3) is 0.531. The van der Waals surface area contributed by atoms with Gasteiger partial charge in [-0.15, -0.1) is 0 Å². The number of halogens is 6. The number of rotatable bonds is 8. The van der Waals surface area contributed by atoms with Crippen molar-refractivity contribution in [2.45, 2.75) is 77.8 Å². The van der Waals surface area contributed by atoms with Crippen LogP contribution in [-0.4, -0.2) is 52.8 Å². The van der Waals surface area contributed by atoms with E-state index in [4.69, 9.17) is 23.2 Å². The second-order valence-corrected chi connectivity index (χ2v) is 14.0. The summed E-state index contributed by atoms with van der Waals surface area (Å²) >= 11 is 13.2. The van der Waals surface area contributed by atoms with Crippen LogP contribution in [0.2, 0.25) is 10.0 Å². The minimum Gasteiger partial charge on any atom is -0.365 e. The van der Waals surface area contributed by atoms with Gasteiger partial charge in [0.2, 0.25) is 18.3 Å². The molecule has 0 bridgehead atoms. The maximum atomic E-state index is 14.3. The molecule has 0 unspecified atom stereocenters. The normalized spacial score (nSPS) is 19.9. The molecule has 5 rings (SSSR count). The van der Waals surface area contributed by atoms with Crippen LogP contribution in [0.25, 0.3) is 11.0 Å². The van der Waals surface area contributed by atoms with E-state index in [1.165, 1.54) is 4.90 Å². The van der Waals surface area contributed by atoms with E-state index in [1.54, 1.807) is 56.7 Å². The Balaban J connectivity index is 1.45. The Kier molecular flexibility index (Phi) is 9.71. The van der Waals surface area contributed by atoms with Crippen LogP contribution in [0.5, 0.6) is 0 Å². The summed E-state index contributed by atoms with van der Waals surface area (Å²) in [4.78, 5) is 32.2. The van der Waals surface area contributed by atoms with Crippen LogP contribution in [0.3, 0.4) is 0 Å². The summed E-state index contributed by atoms with van der Waals surface area (Å²) < 4.78 is 56.6. The van der Waals surface area contributed by atoms with Gasteiger partial charge < -0.3 is 25.4 Å². The number of alkyl halides is 4. The number of nitrogens with one attached hydrogen (secondary N) is 3. The molecule has 2 aliphatic rings. The number of benzene rings is 2. The number of hydrogen-bond donors (Lipinski definition) is 3. The molecular formula is C32H38Cl2F4N6O2. The van der Waals surface area contributed by atoms with Crippen LogP contribution in [0.1, 0.15) is 68.8 Å². The first-order valence-corrected chi connectivity index (χ1v) is 16.0. The molecule has 2 amide bonds. The molecule has 1 aromatic heterocycles. The molecule has 1 aliphatic carbocycles. The average Bonchev–Trinajstić information content (AvgIpc) is 3.51. The minimum atomic E-state index is -2.90. The first-order valence-electron chi connectivity index (χ1n) is 15.3. The van der Waals surface area contributed by atoms with Crippen LogP contribution in [0.4, 0.5) is 34.9 Å². The second-order valence-electron chi connectivity index (χ2n) is 13.3. The molecule has 0 radical (unpaired) electrons. The third-order valence-electron chi connectivity index (χ3n) is 8.75. The van der Waals surface area contributed by atoms with Gasteiger partial charge in [0, 0.05) is 43.9 Å². The van der Waals surface area contributed by atoms with E-state index in [0.29, 0.717) is 64.6 Å². The summed E-state index contributed by atoms with van der Waals surface area (Å²) in [6, 6.07) is 6.31. The van der Waals surface area contributed by atoms with E-state index >= 15 is 0 Å². The lowest BCUT2D eigenvalue weighted by molar-refractivity contribution is -0.128. The van der Waals surface area contributed by atoms with E-state index in [2.05, 4.69) is 20.9 Å². The lowest BCUT2D eigenvalue weighted by Crippen LogP contribution is -2.39. The van der Waals surface area contributed by atoms with Crippen molar-refractivity contribution in [3.8, 4) is 0 Å². The Morgan fingerprint density at radius 2 is 1.80 bits per heavy atom. The number of carbonyl (C=O) groups is 2. The number of carbonyl (C=O) groups excluding carboxylic acids is 2. The monoisotopic (exact) mass is 684 g/mol. The quantitative estimate of drug-likeness (QED) is 0.212. The molecule has 8 nitrogen and oxygen atoms in total. The molecular weight excluding hydrogens is 647 g/mol. The van der Waals surface area contributed by atoms with E-state index in [1.807, 2.05) is 0 Å². The molecule has 3 aromatic rings. The van der Waals surface area contributed by atoms with Crippen LogP contribution >= 0.6 is 23.2 Å². The van der Waals surface area contributed by atoms with Crippen molar-refractivity contribution in [2.24, 2.45) is 18.4 Å².